The minimum absolute atomic E-state index is 0.0793. The molecule has 0 saturated heterocycles. The fourth-order valence-corrected chi connectivity index (χ4v) is 6.05. The summed E-state index contributed by atoms with van der Waals surface area (Å²) < 4.78 is 20.3. The van der Waals surface area contributed by atoms with Crippen LogP contribution in [0.5, 0.6) is 0 Å². The second-order valence-electron chi connectivity index (χ2n) is 10.0. The molecule has 4 rings (SSSR count). The lowest BCUT2D eigenvalue weighted by molar-refractivity contribution is 0.127. The highest BCUT2D eigenvalue weighted by atomic mass is 19.1. The quantitative estimate of drug-likeness (QED) is 0.434. The van der Waals surface area contributed by atoms with Gasteiger partial charge in [0.2, 0.25) is 0 Å². The van der Waals surface area contributed by atoms with E-state index >= 15 is 4.39 Å². The van der Waals surface area contributed by atoms with Gasteiger partial charge in [-0.15, -0.1) is 0 Å². The monoisotopic (exact) mass is 422 g/mol. The Hall–Kier alpha value is -1.67. The molecule has 0 atom stereocenters. The maximum absolute atomic E-state index is 15.0. The summed E-state index contributed by atoms with van der Waals surface area (Å²) in [6, 6.07) is 14.7. The van der Waals surface area contributed by atoms with Crippen LogP contribution < -0.4 is 0 Å². The van der Waals surface area contributed by atoms with E-state index in [4.69, 9.17) is 4.74 Å². The fraction of sp³-hybridized carbons (Fsp3) is 0.586. The molecule has 0 radical (unpaired) electrons. The van der Waals surface area contributed by atoms with Gasteiger partial charge in [-0.1, -0.05) is 56.2 Å². The van der Waals surface area contributed by atoms with Gasteiger partial charge < -0.3 is 4.74 Å². The van der Waals surface area contributed by atoms with Crippen molar-refractivity contribution < 1.29 is 9.13 Å². The third kappa shape index (κ3) is 5.58. The number of ether oxygens (including phenoxy) is 1. The summed E-state index contributed by atoms with van der Waals surface area (Å²) in [5.74, 6) is 2.70. The van der Waals surface area contributed by atoms with E-state index in [1.807, 2.05) is 6.07 Å². The molecule has 0 heterocycles. The molecule has 1 nitrogen and oxygen atoms in total. The van der Waals surface area contributed by atoms with Crippen molar-refractivity contribution in [2.24, 2.45) is 11.8 Å². The highest BCUT2D eigenvalue weighted by Crippen LogP contribution is 2.39. The van der Waals surface area contributed by atoms with Crippen molar-refractivity contribution in [3.8, 4) is 11.1 Å². The first-order valence-electron chi connectivity index (χ1n) is 12.6. The smallest absolute Gasteiger partial charge is 0.131 e. The van der Waals surface area contributed by atoms with E-state index in [0.717, 1.165) is 42.1 Å². The van der Waals surface area contributed by atoms with Gasteiger partial charge in [-0.2, -0.15) is 0 Å². The summed E-state index contributed by atoms with van der Waals surface area (Å²) in [4.78, 5) is 0. The van der Waals surface area contributed by atoms with Crippen molar-refractivity contribution in [2.45, 2.75) is 83.0 Å². The average Bonchev–Trinajstić information content (AvgIpc) is 2.81. The fourth-order valence-electron chi connectivity index (χ4n) is 6.05. The van der Waals surface area contributed by atoms with E-state index in [0.29, 0.717) is 17.8 Å². The Balaban J connectivity index is 1.39. The first kappa shape index (κ1) is 22.5. The Bertz CT molecular complexity index is 811. The third-order valence-corrected chi connectivity index (χ3v) is 7.95. The molecule has 168 valence electrons. The van der Waals surface area contributed by atoms with Crippen LogP contribution in [0.2, 0.25) is 0 Å². The Labute approximate surface area is 188 Å². The molecule has 2 aromatic carbocycles. The van der Waals surface area contributed by atoms with Gasteiger partial charge in [0.05, 0.1) is 0 Å². The van der Waals surface area contributed by atoms with Gasteiger partial charge in [-0.05, 0) is 97.8 Å². The van der Waals surface area contributed by atoms with Crippen molar-refractivity contribution in [3.05, 3.63) is 59.4 Å². The lowest BCUT2D eigenvalue weighted by Crippen LogP contribution is -2.17. The number of hydrogen-bond donors (Lipinski definition) is 0. The van der Waals surface area contributed by atoms with E-state index in [-0.39, 0.29) is 5.82 Å². The highest BCUT2D eigenvalue weighted by molar-refractivity contribution is 5.65. The zero-order valence-corrected chi connectivity index (χ0v) is 19.4. The van der Waals surface area contributed by atoms with Gasteiger partial charge in [0.25, 0.3) is 0 Å². The minimum Gasteiger partial charge on any atom is -0.384 e. The summed E-state index contributed by atoms with van der Waals surface area (Å²) >= 11 is 0. The molecular weight excluding hydrogens is 383 g/mol. The SMILES string of the molecule is CCCC1CCC(c2ccc(-c3ccc(C4CCC(COC)CC4)cc3F)cc2)CC1. The van der Waals surface area contributed by atoms with Crippen molar-refractivity contribution in [1.82, 2.24) is 0 Å². The molecule has 0 amide bonds. The Morgan fingerprint density at radius 3 is 1.94 bits per heavy atom. The predicted octanol–water partition coefficient (Wildman–Crippen LogP) is 8.49. The van der Waals surface area contributed by atoms with Crippen LogP contribution >= 0.6 is 0 Å². The average molecular weight is 423 g/mol. The van der Waals surface area contributed by atoms with Crippen molar-refractivity contribution in [1.29, 1.82) is 0 Å². The molecule has 0 unspecified atom stereocenters. The minimum atomic E-state index is -0.0793. The summed E-state index contributed by atoms with van der Waals surface area (Å²) in [5, 5.41) is 0. The van der Waals surface area contributed by atoms with Crippen LogP contribution in [0.1, 0.15) is 94.1 Å². The summed E-state index contributed by atoms with van der Waals surface area (Å²) in [7, 11) is 1.78. The molecule has 31 heavy (non-hydrogen) atoms. The van der Waals surface area contributed by atoms with E-state index in [1.165, 1.54) is 56.9 Å². The zero-order valence-electron chi connectivity index (χ0n) is 19.4. The normalized spacial score (nSPS) is 26.7. The first-order chi connectivity index (χ1) is 15.2. The maximum Gasteiger partial charge on any atom is 0.131 e. The van der Waals surface area contributed by atoms with Gasteiger partial charge in [0.1, 0.15) is 5.82 Å². The molecular formula is C29H39FO. The van der Waals surface area contributed by atoms with Gasteiger partial charge in [-0.25, -0.2) is 4.39 Å². The molecule has 0 spiro atoms. The van der Waals surface area contributed by atoms with Gasteiger partial charge >= 0.3 is 0 Å². The summed E-state index contributed by atoms with van der Waals surface area (Å²) in [6.07, 6.45) is 12.7. The number of hydrogen-bond acceptors (Lipinski definition) is 1. The van der Waals surface area contributed by atoms with E-state index in [2.05, 4.69) is 37.3 Å². The Morgan fingerprint density at radius 2 is 1.35 bits per heavy atom. The van der Waals surface area contributed by atoms with Crippen molar-refractivity contribution in [2.75, 3.05) is 13.7 Å². The summed E-state index contributed by atoms with van der Waals surface area (Å²) in [6.45, 7) is 3.15. The van der Waals surface area contributed by atoms with Crippen LogP contribution in [0, 0.1) is 17.7 Å². The first-order valence-corrected chi connectivity index (χ1v) is 12.6. The second-order valence-corrected chi connectivity index (χ2v) is 10.0. The molecule has 2 aliphatic rings. The largest absolute Gasteiger partial charge is 0.384 e. The number of halogens is 1. The molecule has 2 saturated carbocycles. The Kier molecular flexibility index (Phi) is 7.82. The molecule has 2 fully saturated rings. The van der Waals surface area contributed by atoms with Gasteiger partial charge in [0, 0.05) is 19.3 Å². The molecule has 2 heteroatoms. The van der Waals surface area contributed by atoms with Crippen LogP contribution in [0.3, 0.4) is 0 Å². The zero-order chi connectivity index (χ0) is 21.6. The second kappa shape index (κ2) is 10.8. The molecule has 0 bridgehead atoms. The number of rotatable bonds is 7. The predicted molar refractivity (Wildman–Crippen MR) is 128 cm³/mol. The molecule has 2 aliphatic carbocycles. The Morgan fingerprint density at radius 1 is 0.774 bits per heavy atom. The van der Waals surface area contributed by atoms with Crippen LogP contribution in [-0.2, 0) is 4.74 Å². The topological polar surface area (TPSA) is 9.23 Å². The standard InChI is InChI=1S/C29H39FO/c1-3-4-21-5-9-23(10-6-21)24-13-15-26(16-14-24)28-18-17-27(19-29(28)30)25-11-7-22(8-12-25)20-31-2/h13-19,21-23,25H,3-12,20H2,1-2H3. The van der Waals surface area contributed by atoms with Gasteiger partial charge in [-0.3, -0.25) is 0 Å². The number of methoxy groups -OCH3 is 1. The third-order valence-electron chi connectivity index (χ3n) is 7.95. The van der Waals surface area contributed by atoms with E-state index < -0.39 is 0 Å². The van der Waals surface area contributed by atoms with Crippen LogP contribution in [0.25, 0.3) is 11.1 Å². The van der Waals surface area contributed by atoms with Gasteiger partial charge in [0.15, 0.2) is 0 Å². The van der Waals surface area contributed by atoms with E-state index in [1.54, 1.807) is 13.2 Å². The van der Waals surface area contributed by atoms with E-state index in [9.17, 15) is 0 Å². The summed E-state index contributed by atoms with van der Waals surface area (Å²) in [5.41, 5.74) is 4.33. The van der Waals surface area contributed by atoms with Crippen molar-refractivity contribution >= 4 is 0 Å². The van der Waals surface area contributed by atoms with Crippen LogP contribution in [-0.4, -0.2) is 13.7 Å². The maximum atomic E-state index is 15.0. The molecule has 0 aromatic heterocycles. The van der Waals surface area contributed by atoms with Crippen molar-refractivity contribution in [3.63, 3.8) is 0 Å². The van der Waals surface area contributed by atoms with Crippen LogP contribution in [0.15, 0.2) is 42.5 Å². The number of benzene rings is 2. The highest BCUT2D eigenvalue weighted by Gasteiger charge is 2.24. The molecule has 0 N–H and O–H groups in total. The lowest BCUT2D eigenvalue weighted by atomic mass is 9.77. The molecule has 2 aromatic rings. The van der Waals surface area contributed by atoms with Crippen LogP contribution in [0.4, 0.5) is 4.39 Å². The lowest BCUT2D eigenvalue weighted by Gasteiger charge is -2.29. The molecule has 0 aliphatic heterocycles.